The van der Waals surface area contributed by atoms with Gasteiger partial charge < -0.3 is 14.2 Å². The second-order valence-electron chi connectivity index (χ2n) is 3.08. The zero-order valence-corrected chi connectivity index (χ0v) is 9.77. The molecule has 0 heterocycles. The maximum Gasteiger partial charge on any atom is 0.125 e. The van der Waals surface area contributed by atoms with Crippen molar-refractivity contribution < 1.29 is 14.2 Å². The number of rotatable bonds is 7. The van der Waals surface area contributed by atoms with Crippen molar-refractivity contribution in [2.24, 2.45) is 0 Å². The highest BCUT2D eigenvalue weighted by Crippen LogP contribution is 2.10. The first-order chi connectivity index (χ1) is 7.73. The molecule has 0 rings (SSSR count). The molecule has 0 radical (unpaired) electrons. The van der Waals surface area contributed by atoms with Crippen molar-refractivity contribution in [3.8, 4) is 12.1 Å². The van der Waals surface area contributed by atoms with Gasteiger partial charge in [0.15, 0.2) is 0 Å². The zero-order valence-electron chi connectivity index (χ0n) is 9.77. The predicted octanol–water partition coefficient (Wildman–Crippen LogP) is 1.03. The first-order valence-electron chi connectivity index (χ1n) is 4.78. The van der Waals surface area contributed by atoms with Gasteiger partial charge in [0.1, 0.15) is 23.8 Å². The number of nitriles is 2. The van der Waals surface area contributed by atoms with E-state index >= 15 is 0 Å². The highest BCUT2D eigenvalue weighted by molar-refractivity contribution is 5.34. The molecule has 0 aliphatic carbocycles. The van der Waals surface area contributed by atoms with Gasteiger partial charge in [-0.25, -0.2) is 0 Å². The summed E-state index contributed by atoms with van der Waals surface area (Å²) < 4.78 is 15.4. The van der Waals surface area contributed by atoms with Crippen molar-refractivity contribution in [3.05, 3.63) is 11.6 Å². The van der Waals surface area contributed by atoms with Gasteiger partial charge in [0.2, 0.25) is 0 Å². The molecule has 0 aliphatic rings. The minimum atomic E-state index is -0.235. The average molecular weight is 224 g/mol. The van der Waals surface area contributed by atoms with Gasteiger partial charge in [-0.1, -0.05) is 6.08 Å². The first kappa shape index (κ1) is 14.6. The van der Waals surface area contributed by atoms with Gasteiger partial charge in [0, 0.05) is 21.3 Å². The van der Waals surface area contributed by atoms with Crippen molar-refractivity contribution in [1.29, 1.82) is 10.5 Å². The molecule has 5 nitrogen and oxygen atoms in total. The van der Waals surface area contributed by atoms with Crippen LogP contribution < -0.4 is 0 Å². The normalized spacial score (nSPS) is 13.3. The number of methoxy groups -OCH3 is 3. The molecule has 2 atom stereocenters. The number of allylic oxidation sites excluding steroid dienone is 1. The molecule has 88 valence electrons. The van der Waals surface area contributed by atoms with Crippen LogP contribution in [0.25, 0.3) is 0 Å². The summed E-state index contributed by atoms with van der Waals surface area (Å²) in [6.45, 7) is 0.400. The van der Waals surface area contributed by atoms with Crippen LogP contribution in [0, 0.1) is 22.7 Å². The molecule has 0 spiro atoms. The van der Waals surface area contributed by atoms with E-state index in [9.17, 15) is 0 Å². The zero-order chi connectivity index (χ0) is 12.4. The number of hydrogen-bond acceptors (Lipinski definition) is 5. The van der Waals surface area contributed by atoms with E-state index in [1.54, 1.807) is 33.5 Å². The van der Waals surface area contributed by atoms with Crippen LogP contribution in [-0.4, -0.2) is 40.1 Å². The highest BCUT2D eigenvalue weighted by atomic mass is 16.6. The van der Waals surface area contributed by atoms with Crippen molar-refractivity contribution in [2.75, 3.05) is 27.9 Å². The Morgan fingerprint density at radius 2 is 1.69 bits per heavy atom. The van der Waals surface area contributed by atoms with Gasteiger partial charge in [-0.15, -0.1) is 0 Å². The molecular formula is C11H16N2O3. The maximum absolute atomic E-state index is 8.57. The van der Waals surface area contributed by atoms with Crippen molar-refractivity contribution in [1.82, 2.24) is 0 Å². The van der Waals surface area contributed by atoms with Gasteiger partial charge in [-0.05, 0) is 6.42 Å². The summed E-state index contributed by atoms with van der Waals surface area (Å²) in [5.41, 5.74) is 0.0781. The second-order valence-corrected chi connectivity index (χ2v) is 3.08. The predicted molar refractivity (Wildman–Crippen MR) is 57.4 cm³/mol. The monoisotopic (exact) mass is 224 g/mol. The lowest BCUT2D eigenvalue weighted by molar-refractivity contribution is -0.0661. The lowest BCUT2D eigenvalue weighted by atomic mass is 10.1. The summed E-state index contributed by atoms with van der Waals surface area (Å²) in [4.78, 5) is 0. The Labute approximate surface area is 95.8 Å². The minimum Gasteiger partial charge on any atom is -0.382 e. The van der Waals surface area contributed by atoms with Gasteiger partial charge in [0.05, 0.1) is 12.7 Å². The summed E-state index contributed by atoms with van der Waals surface area (Å²) in [5.74, 6) is 0. The van der Waals surface area contributed by atoms with Crippen molar-refractivity contribution in [2.45, 2.75) is 18.6 Å². The number of hydrogen-bond donors (Lipinski definition) is 0. The standard InChI is InChI=1S/C11H16N2O3/c1-14-8-11(16-3)10(15-2)5-4-9(6-12)7-13/h4,10-11H,5,8H2,1-3H3/t10-,11+/m1/s1. The molecule has 0 amide bonds. The van der Waals surface area contributed by atoms with E-state index in [-0.39, 0.29) is 17.8 Å². The minimum absolute atomic E-state index is 0.0781. The fourth-order valence-electron chi connectivity index (χ4n) is 1.24. The highest BCUT2D eigenvalue weighted by Gasteiger charge is 2.19. The lowest BCUT2D eigenvalue weighted by Gasteiger charge is -2.23. The van der Waals surface area contributed by atoms with Crippen LogP contribution in [0.2, 0.25) is 0 Å². The van der Waals surface area contributed by atoms with Gasteiger partial charge in [0.25, 0.3) is 0 Å². The molecule has 0 saturated heterocycles. The van der Waals surface area contributed by atoms with Gasteiger partial charge >= 0.3 is 0 Å². The first-order valence-corrected chi connectivity index (χ1v) is 4.78. The van der Waals surface area contributed by atoms with E-state index in [2.05, 4.69) is 0 Å². The van der Waals surface area contributed by atoms with E-state index < -0.39 is 0 Å². The van der Waals surface area contributed by atoms with E-state index in [4.69, 9.17) is 24.7 Å². The third-order valence-electron chi connectivity index (χ3n) is 2.15. The number of nitrogens with zero attached hydrogens (tertiary/aromatic N) is 2. The number of ether oxygens (including phenoxy) is 3. The third kappa shape index (κ3) is 4.90. The summed E-state index contributed by atoms with van der Waals surface area (Å²) in [7, 11) is 4.69. The van der Waals surface area contributed by atoms with Crippen LogP contribution in [0.5, 0.6) is 0 Å². The van der Waals surface area contributed by atoms with E-state index in [0.717, 1.165) is 0 Å². The summed E-state index contributed by atoms with van der Waals surface area (Å²) >= 11 is 0. The smallest absolute Gasteiger partial charge is 0.125 e. The largest absolute Gasteiger partial charge is 0.382 e. The van der Waals surface area contributed by atoms with Crippen LogP contribution in [0.3, 0.4) is 0 Å². The molecule has 0 aromatic rings. The van der Waals surface area contributed by atoms with E-state index in [1.165, 1.54) is 6.08 Å². The van der Waals surface area contributed by atoms with E-state index in [1.807, 2.05) is 0 Å². The molecule has 0 unspecified atom stereocenters. The quantitative estimate of drug-likeness (QED) is 0.603. The third-order valence-corrected chi connectivity index (χ3v) is 2.15. The molecular weight excluding hydrogens is 208 g/mol. The fraction of sp³-hybridized carbons (Fsp3) is 0.636. The molecule has 0 aromatic heterocycles. The van der Waals surface area contributed by atoms with Gasteiger partial charge in [-0.2, -0.15) is 10.5 Å². The summed E-state index contributed by atoms with van der Waals surface area (Å²) in [6, 6.07) is 3.58. The van der Waals surface area contributed by atoms with Crippen molar-refractivity contribution in [3.63, 3.8) is 0 Å². The lowest BCUT2D eigenvalue weighted by Crippen LogP contribution is -2.33. The van der Waals surface area contributed by atoms with Crippen LogP contribution in [0.4, 0.5) is 0 Å². The molecule has 0 aliphatic heterocycles. The Hall–Kier alpha value is -1.40. The molecule has 5 heteroatoms. The molecule has 16 heavy (non-hydrogen) atoms. The Morgan fingerprint density at radius 1 is 1.12 bits per heavy atom. The molecule has 0 aromatic carbocycles. The topological polar surface area (TPSA) is 75.3 Å². The summed E-state index contributed by atoms with van der Waals surface area (Å²) in [5, 5.41) is 17.1. The molecule has 0 N–H and O–H groups in total. The molecule has 0 bridgehead atoms. The molecule has 0 fully saturated rings. The fourth-order valence-corrected chi connectivity index (χ4v) is 1.24. The Morgan fingerprint density at radius 3 is 2.06 bits per heavy atom. The van der Waals surface area contributed by atoms with Crippen LogP contribution in [0.1, 0.15) is 6.42 Å². The van der Waals surface area contributed by atoms with Crippen molar-refractivity contribution >= 4 is 0 Å². The van der Waals surface area contributed by atoms with E-state index in [0.29, 0.717) is 13.0 Å². The van der Waals surface area contributed by atoms with Gasteiger partial charge in [-0.3, -0.25) is 0 Å². The van der Waals surface area contributed by atoms with Crippen LogP contribution in [-0.2, 0) is 14.2 Å². The Kier molecular flexibility index (Phi) is 8.10. The molecule has 0 saturated carbocycles. The Bertz CT molecular complexity index is 285. The second kappa shape index (κ2) is 8.87. The van der Waals surface area contributed by atoms with Crippen LogP contribution >= 0.6 is 0 Å². The SMILES string of the molecule is COC[C@H](OC)[C@@H](CC=C(C#N)C#N)OC. The Balaban J connectivity index is 4.46. The average Bonchev–Trinajstić information content (AvgIpc) is 2.33. The maximum atomic E-state index is 8.57. The van der Waals surface area contributed by atoms with Crippen LogP contribution in [0.15, 0.2) is 11.6 Å². The summed E-state index contributed by atoms with van der Waals surface area (Å²) in [6.07, 6.45) is 1.52.